The second-order valence-corrected chi connectivity index (χ2v) is 4.49. The molecule has 2 N–H and O–H groups in total. The molecule has 4 heteroatoms. The number of hydrogen-bond donors (Lipinski definition) is 2. The first kappa shape index (κ1) is 11.6. The highest BCUT2D eigenvalue weighted by Gasteiger charge is 2.10. The molecule has 0 atom stereocenters. The Balaban J connectivity index is 2.14. The smallest absolute Gasteiger partial charge is 0.142 e. The van der Waals surface area contributed by atoms with Crippen LogP contribution < -0.4 is 4.74 Å². The van der Waals surface area contributed by atoms with Crippen LogP contribution in [-0.4, -0.2) is 22.2 Å². The summed E-state index contributed by atoms with van der Waals surface area (Å²) >= 11 is 0. The predicted molar refractivity (Wildman–Crippen MR) is 74.5 cm³/mol. The molecule has 1 aromatic heterocycles. The van der Waals surface area contributed by atoms with Crippen molar-refractivity contribution in [2.75, 3.05) is 7.11 Å². The van der Waals surface area contributed by atoms with E-state index < -0.39 is 0 Å². The molecule has 96 valence electrons. The standard InChI is InChI=1S/C15H14N2O2/c1-9-3-5-11(14(18)7-9)15-16-12-6-4-10(19-2)8-13(12)17-15/h3-8,18H,1-2H3,(H,16,17). The number of methoxy groups -OCH3 is 1. The molecule has 0 bridgehead atoms. The molecule has 0 fully saturated rings. The number of phenols is 1. The maximum absolute atomic E-state index is 9.99. The number of phenolic OH excluding ortho intramolecular Hbond substituents is 1. The Hall–Kier alpha value is -2.49. The molecule has 0 saturated carbocycles. The fourth-order valence-corrected chi connectivity index (χ4v) is 2.09. The molecule has 2 aromatic carbocycles. The van der Waals surface area contributed by atoms with Crippen LogP contribution in [0.15, 0.2) is 36.4 Å². The summed E-state index contributed by atoms with van der Waals surface area (Å²) < 4.78 is 5.18. The zero-order chi connectivity index (χ0) is 13.4. The number of H-pyrrole nitrogens is 1. The van der Waals surface area contributed by atoms with Gasteiger partial charge in [0.1, 0.15) is 17.3 Å². The summed E-state index contributed by atoms with van der Waals surface area (Å²) in [5, 5.41) is 9.99. The lowest BCUT2D eigenvalue weighted by Gasteiger charge is -2.01. The van der Waals surface area contributed by atoms with Crippen molar-refractivity contribution in [2.45, 2.75) is 6.92 Å². The van der Waals surface area contributed by atoms with Gasteiger partial charge in [0.15, 0.2) is 0 Å². The second-order valence-electron chi connectivity index (χ2n) is 4.49. The van der Waals surface area contributed by atoms with Gasteiger partial charge in [-0.15, -0.1) is 0 Å². The van der Waals surface area contributed by atoms with E-state index >= 15 is 0 Å². The number of rotatable bonds is 2. The van der Waals surface area contributed by atoms with Crippen LogP contribution in [0.1, 0.15) is 5.56 Å². The Morgan fingerprint density at radius 3 is 2.74 bits per heavy atom. The van der Waals surface area contributed by atoms with Gasteiger partial charge in [0.2, 0.25) is 0 Å². The van der Waals surface area contributed by atoms with E-state index in [2.05, 4.69) is 9.97 Å². The van der Waals surface area contributed by atoms with Crippen LogP contribution in [0, 0.1) is 6.92 Å². The van der Waals surface area contributed by atoms with E-state index in [0.29, 0.717) is 11.4 Å². The number of aromatic amines is 1. The van der Waals surface area contributed by atoms with Gasteiger partial charge in [0.25, 0.3) is 0 Å². The Labute approximate surface area is 110 Å². The third-order valence-electron chi connectivity index (χ3n) is 3.10. The van der Waals surface area contributed by atoms with E-state index in [9.17, 15) is 5.11 Å². The first-order valence-electron chi connectivity index (χ1n) is 6.01. The lowest BCUT2D eigenvalue weighted by molar-refractivity contribution is 0.415. The average molecular weight is 254 g/mol. The van der Waals surface area contributed by atoms with E-state index in [1.807, 2.05) is 37.3 Å². The highest BCUT2D eigenvalue weighted by molar-refractivity contribution is 5.81. The number of hydrogen-bond acceptors (Lipinski definition) is 3. The van der Waals surface area contributed by atoms with Crippen molar-refractivity contribution >= 4 is 11.0 Å². The Morgan fingerprint density at radius 1 is 1.16 bits per heavy atom. The molecule has 4 nitrogen and oxygen atoms in total. The number of imidazole rings is 1. The third-order valence-corrected chi connectivity index (χ3v) is 3.10. The molecule has 0 aliphatic heterocycles. The normalized spacial score (nSPS) is 10.8. The van der Waals surface area contributed by atoms with Gasteiger partial charge >= 0.3 is 0 Å². The number of ether oxygens (including phenoxy) is 1. The van der Waals surface area contributed by atoms with Crippen LogP contribution in [0.25, 0.3) is 22.4 Å². The fourth-order valence-electron chi connectivity index (χ4n) is 2.09. The summed E-state index contributed by atoms with van der Waals surface area (Å²) in [7, 11) is 1.63. The number of nitrogens with zero attached hydrogens (tertiary/aromatic N) is 1. The van der Waals surface area contributed by atoms with Crippen LogP contribution >= 0.6 is 0 Å². The number of aromatic hydroxyl groups is 1. The second kappa shape index (κ2) is 4.31. The summed E-state index contributed by atoms with van der Waals surface area (Å²) in [6.07, 6.45) is 0. The van der Waals surface area contributed by atoms with Gasteiger partial charge < -0.3 is 14.8 Å². The minimum atomic E-state index is 0.228. The molecule has 19 heavy (non-hydrogen) atoms. The highest BCUT2D eigenvalue weighted by Crippen LogP contribution is 2.30. The van der Waals surface area contributed by atoms with Crippen molar-refractivity contribution < 1.29 is 9.84 Å². The first-order chi connectivity index (χ1) is 9.17. The molecule has 1 heterocycles. The molecule has 0 aliphatic rings. The minimum absolute atomic E-state index is 0.228. The monoisotopic (exact) mass is 254 g/mol. The van der Waals surface area contributed by atoms with Crippen LogP contribution in [0.2, 0.25) is 0 Å². The number of fused-ring (bicyclic) bond motifs is 1. The molecule has 0 amide bonds. The molecule has 0 spiro atoms. The van der Waals surface area contributed by atoms with Crippen molar-refractivity contribution in [3.63, 3.8) is 0 Å². The topological polar surface area (TPSA) is 58.1 Å². The van der Waals surface area contributed by atoms with Gasteiger partial charge in [-0.3, -0.25) is 0 Å². The van der Waals surface area contributed by atoms with E-state index in [1.165, 1.54) is 0 Å². The zero-order valence-electron chi connectivity index (χ0n) is 10.8. The fraction of sp³-hybridized carbons (Fsp3) is 0.133. The lowest BCUT2D eigenvalue weighted by atomic mass is 10.1. The largest absolute Gasteiger partial charge is 0.507 e. The van der Waals surface area contributed by atoms with Crippen LogP contribution in [0.5, 0.6) is 11.5 Å². The van der Waals surface area contributed by atoms with Crippen LogP contribution in [-0.2, 0) is 0 Å². The summed E-state index contributed by atoms with van der Waals surface area (Å²) in [4.78, 5) is 7.67. The SMILES string of the molecule is COc1ccc2nc(-c3ccc(C)cc3O)[nH]c2c1. The van der Waals surface area contributed by atoms with Gasteiger partial charge in [-0.1, -0.05) is 6.07 Å². The molecular formula is C15H14N2O2. The van der Waals surface area contributed by atoms with E-state index in [4.69, 9.17) is 4.74 Å². The molecule has 0 radical (unpaired) electrons. The van der Waals surface area contributed by atoms with Gasteiger partial charge in [0.05, 0.1) is 23.7 Å². The van der Waals surface area contributed by atoms with Crippen LogP contribution in [0.3, 0.4) is 0 Å². The van der Waals surface area contributed by atoms with Crippen molar-refractivity contribution in [1.82, 2.24) is 9.97 Å². The summed E-state index contributed by atoms with van der Waals surface area (Å²) in [6.45, 7) is 1.94. The number of aryl methyl sites for hydroxylation is 1. The van der Waals surface area contributed by atoms with Crippen molar-refractivity contribution in [3.8, 4) is 22.9 Å². The van der Waals surface area contributed by atoms with Gasteiger partial charge in [-0.2, -0.15) is 0 Å². The maximum atomic E-state index is 9.99. The average Bonchev–Trinajstić information content (AvgIpc) is 2.80. The summed E-state index contributed by atoms with van der Waals surface area (Å²) in [5.74, 6) is 1.66. The Morgan fingerprint density at radius 2 is 2.00 bits per heavy atom. The molecular weight excluding hydrogens is 240 g/mol. The maximum Gasteiger partial charge on any atom is 0.142 e. The summed E-state index contributed by atoms with van der Waals surface area (Å²) in [5.41, 5.74) is 3.44. The minimum Gasteiger partial charge on any atom is -0.507 e. The van der Waals surface area contributed by atoms with Crippen molar-refractivity contribution in [2.24, 2.45) is 0 Å². The van der Waals surface area contributed by atoms with Gasteiger partial charge in [0, 0.05) is 6.07 Å². The number of benzene rings is 2. The molecule has 0 unspecified atom stereocenters. The number of aromatic nitrogens is 2. The quantitative estimate of drug-likeness (QED) is 0.738. The lowest BCUT2D eigenvalue weighted by Crippen LogP contribution is -1.82. The van der Waals surface area contributed by atoms with E-state index in [1.54, 1.807) is 13.2 Å². The van der Waals surface area contributed by atoms with Gasteiger partial charge in [-0.05, 0) is 36.8 Å². The molecule has 0 aliphatic carbocycles. The van der Waals surface area contributed by atoms with Crippen molar-refractivity contribution in [1.29, 1.82) is 0 Å². The van der Waals surface area contributed by atoms with Gasteiger partial charge in [-0.25, -0.2) is 4.98 Å². The molecule has 0 saturated heterocycles. The summed E-state index contributed by atoms with van der Waals surface area (Å²) in [6, 6.07) is 11.2. The molecule has 3 aromatic rings. The van der Waals surface area contributed by atoms with E-state index in [0.717, 1.165) is 22.3 Å². The highest BCUT2D eigenvalue weighted by atomic mass is 16.5. The Bertz CT molecular complexity index is 747. The molecule has 3 rings (SSSR count). The zero-order valence-corrected chi connectivity index (χ0v) is 10.8. The predicted octanol–water partition coefficient (Wildman–Crippen LogP) is 3.25. The van der Waals surface area contributed by atoms with Crippen LogP contribution in [0.4, 0.5) is 0 Å². The first-order valence-corrected chi connectivity index (χ1v) is 6.01. The Kier molecular flexibility index (Phi) is 2.63. The third kappa shape index (κ3) is 2.01. The number of nitrogens with one attached hydrogen (secondary N) is 1. The van der Waals surface area contributed by atoms with Crippen molar-refractivity contribution in [3.05, 3.63) is 42.0 Å². The van der Waals surface area contributed by atoms with E-state index in [-0.39, 0.29) is 5.75 Å².